The molecule has 0 aromatic heterocycles. The second-order valence-corrected chi connectivity index (χ2v) is 1.95. The van der Waals surface area contributed by atoms with E-state index in [0.29, 0.717) is 18.3 Å². The fraction of sp³-hybridized carbons (Fsp3) is 0.571. The zero-order valence-electron chi connectivity index (χ0n) is 6.81. The van der Waals surface area contributed by atoms with Gasteiger partial charge in [0.15, 0.2) is 5.78 Å². The van der Waals surface area contributed by atoms with Crippen LogP contribution in [0.15, 0.2) is 11.8 Å². The molecule has 0 aromatic rings. The molecule has 2 nitrogen and oxygen atoms in total. The van der Waals surface area contributed by atoms with Crippen LogP contribution < -0.4 is 34.7 Å². The largest absolute Gasteiger partial charge is 1.00 e. The van der Waals surface area contributed by atoms with E-state index in [0.717, 1.165) is 6.42 Å². The van der Waals surface area contributed by atoms with Crippen LogP contribution in [0.25, 0.3) is 0 Å². The maximum Gasteiger partial charge on any atom is 1.00 e. The fourth-order valence-corrected chi connectivity index (χ4v) is 0.587. The Kier molecular flexibility index (Phi) is 9.40. The van der Waals surface area contributed by atoms with Gasteiger partial charge in [0.05, 0.1) is 0 Å². The summed E-state index contributed by atoms with van der Waals surface area (Å²) in [6, 6.07) is 0. The first-order valence-electron chi connectivity index (χ1n) is 3.04. The summed E-state index contributed by atoms with van der Waals surface area (Å²) in [5, 5.41) is 10.1. The van der Waals surface area contributed by atoms with Crippen molar-refractivity contribution in [3.63, 3.8) is 0 Å². The SMILES string of the molecule is CCC/C(=C/[O-])C(C)=O.[Na+]. The van der Waals surface area contributed by atoms with Crippen molar-refractivity contribution in [1.29, 1.82) is 0 Å². The first-order valence-corrected chi connectivity index (χ1v) is 3.04. The molecule has 0 saturated heterocycles. The average molecular weight is 150 g/mol. The Bertz CT molecular complexity index is 130. The molecular formula is C7H11NaO2. The van der Waals surface area contributed by atoms with Crippen molar-refractivity contribution in [3.8, 4) is 0 Å². The fourth-order valence-electron chi connectivity index (χ4n) is 0.587. The second kappa shape index (κ2) is 7.32. The van der Waals surface area contributed by atoms with Crippen LogP contribution in [-0.4, -0.2) is 5.78 Å². The predicted octanol–water partition coefficient (Wildman–Crippen LogP) is -2.38. The number of carbonyl (C=O) groups excluding carboxylic acids is 1. The summed E-state index contributed by atoms with van der Waals surface area (Å²) in [4.78, 5) is 10.5. The summed E-state index contributed by atoms with van der Waals surface area (Å²) in [6.45, 7) is 3.35. The van der Waals surface area contributed by atoms with Crippen LogP contribution >= 0.6 is 0 Å². The summed E-state index contributed by atoms with van der Waals surface area (Å²) in [6.07, 6.45) is 2.11. The standard InChI is InChI=1S/C7H12O2.Na/c1-3-4-7(5-8)6(2)9;/h5,8H,3-4H2,1-2H3;/q;+1/p-1/b7-5-;. The van der Waals surface area contributed by atoms with Gasteiger partial charge >= 0.3 is 29.6 Å². The van der Waals surface area contributed by atoms with Crippen LogP contribution in [0.5, 0.6) is 0 Å². The Morgan fingerprint density at radius 3 is 2.20 bits per heavy atom. The van der Waals surface area contributed by atoms with Crippen molar-refractivity contribution in [2.45, 2.75) is 26.7 Å². The third-order valence-electron chi connectivity index (χ3n) is 1.11. The number of allylic oxidation sites excluding steroid dienone is 1. The molecular weight excluding hydrogens is 139 g/mol. The van der Waals surface area contributed by atoms with Gasteiger partial charge in [0.1, 0.15) is 0 Å². The van der Waals surface area contributed by atoms with E-state index in [4.69, 9.17) is 0 Å². The van der Waals surface area contributed by atoms with E-state index in [9.17, 15) is 9.90 Å². The minimum atomic E-state index is -0.105. The van der Waals surface area contributed by atoms with Gasteiger partial charge in [-0.15, -0.1) is 6.26 Å². The topological polar surface area (TPSA) is 40.1 Å². The maximum absolute atomic E-state index is 10.5. The van der Waals surface area contributed by atoms with E-state index in [1.165, 1.54) is 6.92 Å². The molecule has 0 rings (SSSR count). The smallest absolute Gasteiger partial charge is 0.878 e. The molecule has 0 atom stereocenters. The molecule has 0 heterocycles. The summed E-state index contributed by atoms with van der Waals surface area (Å²) in [7, 11) is 0. The van der Waals surface area contributed by atoms with E-state index in [1.807, 2.05) is 6.92 Å². The zero-order valence-corrected chi connectivity index (χ0v) is 8.81. The van der Waals surface area contributed by atoms with E-state index in [1.54, 1.807) is 0 Å². The van der Waals surface area contributed by atoms with E-state index < -0.39 is 0 Å². The molecule has 0 aliphatic rings. The van der Waals surface area contributed by atoms with Gasteiger partial charge in [-0.3, -0.25) is 4.79 Å². The first-order chi connectivity index (χ1) is 4.22. The molecule has 52 valence electrons. The first kappa shape index (κ1) is 12.8. The Hall–Kier alpha value is 0.210. The van der Waals surface area contributed by atoms with Gasteiger partial charge in [-0.05, 0) is 18.9 Å². The third kappa shape index (κ3) is 5.03. The van der Waals surface area contributed by atoms with Crippen molar-refractivity contribution in [1.82, 2.24) is 0 Å². The van der Waals surface area contributed by atoms with Gasteiger partial charge < -0.3 is 5.11 Å². The van der Waals surface area contributed by atoms with Crippen LogP contribution in [0.4, 0.5) is 0 Å². The Morgan fingerprint density at radius 2 is 2.10 bits per heavy atom. The molecule has 3 heteroatoms. The average Bonchev–Trinajstić information content (AvgIpc) is 1.82. The Labute approximate surface area is 83.6 Å². The predicted molar refractivity (Wildman–Crippen MR) is 33.7 cm³/mol. The van der Waals surface area contributed by atoms with E-state index in [-0.39, 0.29) is 35.3 Å². The minimum Gasteiger partial charge on any atom is -0.878 e. The summed E-state index contributed by atoms with van der Waals surface area (Å²) in [5.74, 6) is -0.105. The second-order valence-electron chi connectivity index (χ2n) is 1.95. The van der Waals surface area contributed by atoms with Crippen LogP contribution in [0, 0.1) is 0 Å². The quantitative estimate of drug-likeness (QED) is 0.256. The third-order valence-corrected chi connectivity index (χ3v) is 1.11. The van der Waals surface area contributed by atoms with E-state index in [2.05, 4.69) is 0 Å². The van der Waals surface area contributed by atoms with Crippen molar-refractivity contribution in [2.24, 2.45) is 0 Å². The minimum absolute atomic E-state index is 0. The van der Waals surface area contributed by atoms with Gasteiger partial charge in [-0.25, -0.2) is 0 Å². The van der Waals surface area contributed by atoms with Crippen LogP contribution in [0.2, 0.25) is 0 Å². The molecule has 0 radical (unpaired) electrons. The Balaban J connectivity index is 0. The summed E-state index contributed by atoms with van der Waals surface area (Å²) < 4.78 is 0. The molecule has 0 unspecified atom stereocenters. The van der Waals surface area contributed by atoms with Crippen LogP contribution in [0.3, 0.4) is 0 Å². The van der Waals surface area contributed by atoms with Crippen molar-refractivity contribution < 1.29 is 39.5 Å². The number of rotatable bonds is 3. The van der Waals surface area contributed by atoms with Crippen molar-refractivity contribution in [3.05, 3.63) is 11.8 Å². The van der Waals surface area contributed by atoms with Gasteiger partial charge in [0.2, 0.25) is 0 Å². The zero-order chi connectivity index (χ0) is 7.28. The number of hydrogen-bond acceptors (Lipinski definition) is 2. The molecule has 0 saturated carbocycles. The van der Waals surface area contributed by atoms with Crippen LogP contribution in [0.1, 0.15) is 26.7 Å². The molecule has 0 amide bonds. The van der Waals surface area contributed by atoms with Gasteiger partial charge in [0, 0.05) is 0 Å². The van der Waals surface area contributed by atoms with Crippen molar-refractivity contribution in [2.75, 3.05) is 0 Å². The number of ketones is 1. The van der Waals surface area contributed by atoms with Crippen LogP contribution in [-0.2, 0) is 4.79 Å². The molecule has 10 heavy (non-hydrogen) atoms. The monoisotopic (exact) mass is 150 g/mol. The molecule has 0 aliphatic carbocycles. The number of carbonyl (C=O) groups is 1. The van der Waals surface area contributed by atoms with E-state index >= 15 is 0 Å². The van der Waals surface area contributed by atoms with Gasteiger partial charge in [0.25, 0.3) is 0 Å². The molecule has 0 spiro atoms. The van der Waals surface area contributed by atoms with Crippen molar-refractivity contribution >= 4 is 5.78 Å². The molecule has 0 aromatic carbocycles. The molecule has 0 aliphatic heterocycles. The number of Topliss-reactive ketones (excluding diaryl/α,β-unsaturated/α-hetero) is 1. The maximum atomic E-state index is 10.5. The summed E-state index contributed by atoms with van der Waals surface area (Å²) >= 11 is 0. The molecule has 0 fully saturated rings. The molecule has 0 N–H and O–H groups in total. The Morgan fingerprint density at radius 1 is 1.60 bits per heavy atom. The summed E-state index contributed by atoms with van der Waals surface area (Å²) in [5.41, 5.74) is 0.400. The number of hydrogen-bond donors (Lipinski definition) is 0. The normalized spacial score (nSPS) is 10.4. The van der Waals surface area contributed by atoms with Gasteiger partial charge in [-0.1, -0.05) is 13.3 Å². The molecule has 0 bridgehead atoms. The van der Waals surface area contributed by atoms with Gasteiger partial charge in [-0.2, -0.15) is 0 Å².